The summed E-state index contributed by atoms with van der Waals surface area (Å²) in [6.45, 7) is 0. The molecule has 1 aromatic heterocycles. The van der Waals surface area contributed by atoms with Crippen LogP contribution in [0.15, 0.2) is 47.8 Å². The Hall–Kier alpha value is -1.91. The molecule has 1 N–H and O–H groups in total. The number of hydrogen-bond donors (Lipinski definition) is 1. The van der Waals surface area contributed by atoms with Crippen molar-refractivity contribution in [3.63, 3.8) is 0 Å². The third kappa shape index (κ3) is 2.52. The Labute approximate surface area is 127 Å². The minimum absolute atomic E-state index is 0.105. The van der Waals surface area contributed by atoms with E-state index in [-0.39, 0.29) is 11.9 Å². The first-order valence-electron chi connectivity index (χ1n) is 6.71. The number of benzene rings is 2. The van der Waals surface area contributed by atoms with Crippen LogP contribution in [0.1, 0.15) is 17.2 Å². The van der Waals surface area contributed by atoms with Crippen molar-refractivity contribution in [2.24, 2.45) is 0 Å². The molecule has 0 spiro atoms. The fourth-order valence-electron chi connectivity index (χ4n) is 2.63. The normalized spacial score (nSPS) is 12.5. The molecule has 1 unspecified atom stereocenters. The van der Waals surface area contributed by atoms with Gasteiger partial charge >= 0.3 is 0 Å². The molecule has 0 amide bonds. The van der Waals surface area contributed by atoms with Gasteiger partial charge in [-0.2, -0.15) is 0 Å². The van der Waals surface area contributed by atoms with Crippen molar-refractivity contribution in [3.8, 4) is 5.75 Å². The van der Waals surface area contributed by atoms with Gasteiger partial charge < -0.3 is 10.1 Å². The number of fused-ring (bicyclic) bond motifs is 1. The van der Waals surface area contributed by atoms with Crippen molar-refractivity contribution in [2.45, 2.75) is 6.04 Å². The van der Waals surface area contributed by atoms with E-state index in [0.29, 0.717) is 5.75 Å². The highest BCUT2D eigenvalue weighted by Crippen LogP contribution is 2.36. The van der Waals surface area contributed by atoms with Crippen LogP contribution in [0, 0.1) is 5.82 Å². The quantitative estimate of drug-likeness (QED) is 0.773. The topological polar surface area (TPSA) is 21.3 Å². The predicted octanol–water partition coefficient (Wildman–Crippen LogP) is 4.36. The second kappa shape index (κ2) is 5.84. The zero-order valence-electron chi connectivity index (χ0n) is 11.9. The van der Waals surface area contributed by atoms with Crippen LogP contribution >= 0.6 is 11.3 Å². The minimum Gasteiger partial charge on any atom is -0.496 e. The number of hydrogen-bond acceptors (Lipinski definition) is 3. The lowest BCUT2D eigenvalue weighted by Crippen LogP contribution is -2.18. The molecule has 2 aromatic carbocycles. The Morgan fingerprint density at radius 3 is 2.71 bits per heavy atom. The molecule has 0 aliphatic carbocycles. The number of rotatable bonds is 4. The smallest absolute Gasteiger partial charge is 0.124 e. The molecule has 108 valence electrons. The van der Waals surface area contributed by atoms with Crippen molar-refractivity contribution in [1.82, 2.24) is 5.32 Å². The van der Waals surface area contributed by atoms with Gasteiger partial charge in [0.15, 0.2) is 0 Å². The minimum atomic E-state index is -0.259. The highest BCUT2D eigenvalue weighted by molar-refractivity contribution is 7.17. The number of ether oxygens (including phenoxy) is 1. The van der Waals surface area contributed by atoms with Gasteiger partial charge in [0.2, 0.25) is 0 Å². The molecule has 0 aliphatic rings. The first-order valence-corrected chi connectivity index (χ1v) is 7.59. The second-order valence-corrected chi connectivity index (χ2v) is 5.71. The molecule has 0 saturated carbocycles. The van der Waals surface area contributed by atoms with Gasteiger partial charge in [-0.25, -0.2) is 4.39 Å². The summed E-state index contributed by atoms with van der Waals surface area (Å²) in [6.07, 6.45) is 0. The third-order valence-electron chi connectivity index (χ3n) is 3.61. The Kier molecular flexibility index (Phi) is 3.90. The largest absolute Gasteiger partial charge is 0.496 e. The summed E-state index contributed by atoms with van der Waals surface area (Å²) < 4.78 is 20.3. The highest BCUT2D eigenvalue weighted by atomic mass is 32.1. The zero-order valence-corrected chi connectivity index (χ0v) is 12.7. The van der Waals surface area contributed by atoms with Crippen LogP contribution in [-0.4, -0.2) is 14.2 Å². The maximum atomic E-state index is 13.7. The maximum Gasteiger partial charge on any atom is 0.124 e. The van der Waals surface area contributed by atoms with E-state index in [4.69, 9.17) is 4.74 Å². The van der Waals surface area contributed by atoms with Crippen LogP contribution in [0.3, 0.4) is 0 Å². The van der Waals surface area contributed by atoms with Crippen molar-refractivity contribution in [1.29, 1.82) is 0 Å². The van der Waals surface area contributed by atoms with Gasteiger partial charge in [-0.05, 0) is 47.6 Å². The first kappa shape index (κ1) is 14.0. The van der Waals surface area contributed by atoms with Crippen LogP contribution in [0.5, 0.6) is 5.75 Å². The molecule has 1 heterocycles. The maximum absolute atomic E-state index is 13.7. The first-order chi connectivity index (χ1) is 10.2. The van der Waals surface area contributed by atoms with E-state index in [1.54, 1.807) is 24.5 Å². The van der Waals surface area contributed by atoms with Crippen LogP contribution in [0.25, 0.3) is 10.1 Å². The molecule has 3 aromatic rings. The Bertz CT molecular complexity index is 768. The lowest BCUT2D eigenvalue weighted by atomic mass is 9.97. The van der Waals surface area contributed by atoms with E-state index in [1.165, 1.54) is 22.2 Å². The van der Waals surface area contributed by atoms with E-state index >= 15 is 0 Å². The summed E-state index contributed by atoms with van der Waals surface area (Å²) in [5, 5.41) is 6.58. The van der Waals surface area contributed by atoms with Gasteiger partial charge in [0.05, 0.1) is 13.2 Å². The van der Waals surface area contributed by atoms with Crippen molar-refractivity contribution in [2.75, 3.05) is 14.2 Å². The molecule has 0 fully saturated rings. The van der Waals surface area contributed by atoms with Gasteiger partial charge in [0.25, 0.3) is 0 Å². The number of halogens is 1. The van der Waals surface area contributed by atoms with Gasteiger partial charge in [-0.15, -0.1) is 11.3 Å². The molecular weight excluding hydrogens is 285 g/mol. The van der Waals surface area contributed by atoms with E-state index in [0.717, 1.165) is 11.1 Å². The van der Waals surface area contributed by atoms with Crippen molar-refractivity contribution < 1.29 is 9.13 Å². The van der Waals surface area contributed by atoms with Crippen LogP contribution < -0.4 is 10.1 Å². The van der Waals surface area contributed by atoms with E-state index in [1.807, 2.05) is 19.2 Å². The third-order valence-corrected chi connectivity index (χ3v) is 4.60. The predicted molar refractivity (Wildman–Crippen MR) is 85.7 cm³/mol. The molecule has 4 heteroatoms. The summed E-state index contributed by atoms with van der Waals surface area (Å²) in [4.78, 5) is 0. The summed E-state index contributed by atoms with van der Waals surface area (Å²) in [5.41, 5.74) is 1.95. The molecule has 0 aliphatic heterocycles. The Morgan fingerprint density at radius 2 is 1.95 bits per heavy atom. The molecule has 21 heavy (non-hydrogen) atoms. The average molecular weight is 301 g/mol. The summed E-state index contributed by atoms with van der Waals surface area (Å²) in [6, 6.07) is 12.8. The Morgan fingerprint density at radius 1 is 1.14 bits per heavy atom. The van der Waals surface area contributed by atoms with Gasteiger partial charge in [-0.1, -0.05) is 18.2 Å². The van der Waals surface area contributed by atoms with E-state index in [9.17, 15) is 4.39 Å². The van der Waals surface area contributed by atoms with Crippen molar-refractivity contribution >= 4 is 21.4 Å². The number of methoxy groups -OCH3 is 1. The van der Waals surface area contributed by atoms with Gasteiger partial charge in [0.1, 0.15) is 11.6 Å². The summed E-state index contributed by atoms with van der Waals surface area (Å²) in [5.74, 6) is 0.427. The standard InChI is InChI=1S/C17H16FNOS/c1-19-17(13-9-11(18)7-8-15(13)20-2)14-10-21-16-6-4-3-5-12(14)16/h3-10,17,19H,1-2H3. The van der Waals surface area contributed by atoms with Crippen LogP contribution in [0.4, 0.5) is 4.39 Å². The molecule has 0 radical (unpaired) electrons. The van der Waals surface area contributed by atoms with Gasteiger partial charge in [-0.3, -0.25) is 0 Å². The fraction of sp³-hybridized carbons (Fsp3) is 0.176. The number of thiophene rings is 1. The second-order valence-electron chi connectivity index (χ2n) is 4.80. The fourth-order valence-corrected chi connectivity index (χ4v) is 3.62. The molecule has 0 bridgehead atoms. The summed E-state index contributed by atoms with van der Waals surface area (Å²) >= 11 is 1.70. The van der Waals surface area contributed by atoms with Crippen molar-refractivity contribution in [3.05, 3.63) is 64.8 Å². The Balaban J connectivity index is 2.16. The molecule has 0 saturated heterocycles. The lowest BCUT2D eigenvalue weighted by Gasteiger charge is -2.19. The molecule has 1 atom stereocenters. The van der Waals surface area contributed by atoms with Crippen LogP contribution in [0.2, 0.25) is 0 Å². The average Bonchev–Trinajstić information content (AvgIpc) is 2.93. The monoisotopic (exact) mass is 301 g/mol. The molecule has 2 nitrogen and oxygen atoms in total. The summed E-state index contributed by atoms with van der Waals surface area (Å²) in [7, 11) is 3.48. The van der Waals surface area contributed by atoms with E-state index in [2.05, 4.69) is 22.8 Å². The van der Waals surface area contributed by atoms with Crippen LogP contribution in [-0.2, 0) is 0 Å². The molecule has 3 rings (SSSR count). The lowest BCUT2D eigenvalue weighted by molar-refractivity contribution is 0.404. The highest BCUT2D eigenvalue weighted by Gasteiger charge is 2.20. The van der Waals surface area contributed by atoms with Gasteiger partial charge in [0, 0.05) is 10.3 Å². The molecular formula is C17H16FNOS. The SMILES string of the molecule is CNC(c1cc(F)ccc1OC)c1csc2ccccc12. The van der Waals surface area contributed by atoms with E-state index < -0.39 is 0 Å². The zero-order chi connectivity index (χ0) is 14.8. The number of nitrogens with one attached hydrogen (secondary N) is 1.